The van der Waals surface area contributed by atoms with Crippen molar-refractivity contribution in [1.29, 1.82) is 0 Å². The van der Waals surface area contributed by atoms with Crippen molar-refractivity contribution in [1.82, 2.24) is 0 Å². The summed E-state index contributed by atoms with van der Waals surface area (Å²) < 4.78 is 0. The first kappa shape index (κ1) is 8.92. The molecule has 0 saturated carbocycles. The molecule has 2 heteroatoms. The summed E-state index contributed by atoms with van der Waals surface area (Å²) >= 11 is 0. The Morgan fingerprint density at radius 1 is 1.44 bits per heavy atom. The van der Waals surface area contributed by atoms with Gasteiger partial charge in [-0.05, 0) is 12.3 Å². The van der Waals surface area contributed by atoms with Crippen molar-refractivity contribution in [2.24, 2.45) is 11.1 Å². The number of hydrogen-bond acceptors (Lipinski definition) is 2. The van der Waals surface area contributed by atoms with E-state index in [0.29, 0.717) is 0 Å². The monoisotopic (exact) mass is 130 g/mol. The Kier molecular flexibility index (Phi) is 2.65. The van der Waals surface area contributed by atoms with E-state index in [1.165, 1.54) is 0 Å². The van der Waals surface area contributed by atoms with E-state index in [2.05, 4.69) is 6.92 Å². The fourth-order valence-corrected chi connectivity index (χ4v) is 0.577. The second-order valence-electron chi connectivity index (χ2n) is 3.46. The minimum absolute atomic E-state index is 0.0544. The highest BCUT2D eigenvalue weighted by atomic mass is 16.3. The first-order valence-corrected chi connectivity index (χ1v) is 3.12. The Labute approximate surface area is 57.1 Å². The maximum Gasteiger partial charge on any atom is 0.0697 e. The van der Waals surface area contributed by atoms with Crippen molar-refractivity contribution in [3.63, 3.8) is 0 Å². The van der Waals surface area contributed by atoms with Crippen LogP contribution in [0.25, 0.3) is 0 Å². The molecule has 0 aromatic rings. The van der Waals surface area contributed by atoms with Crippen LogP contribution in [0, 0.1) is 12.3 Å². The Hall–Kier alpha value is -0.0800. The van der Waals surface area contributed by atoms with Crippen molar-refractivity contribution >= 4 is 0 Å². The molecule has 0 fully saturated rings. The van der Waals surface area contributed by atoms with Gasteiger partial charge in [-0.3, -0.25) is 0 Å². The van der Waals surface area contributed by atoms with Crippen LogP contribution in [0.15, 0.2) is 0 Å². The van der Waals surface area contributed by atoms with Crippen LogP contribution in [0.5, 0.6) is 0 Å². The van der Waals surface area contributed by atoms with Crippen LogP contribution in [-0.4, -0.2) is 17.3 Å². The second kappa shape index (κ2) is 2.67. The fraction of sp³-hybridized carbons (Fsp3) is 0.857. The van der Waals surface area contributed by atoms with E-state index in [1.807, 2.05) is 20.8 Å². The normalized spacial score (nSPS) is 19.3. The summed E-state index contributed by atoms with van der Waals surface area (Å²) in [7, 11) is 0. The van der Waals surface area contributed by atoms with Gasteiger partial charge in [-0.25, -0.2) is 0 Å². The summed E-state index contributed by atoms with van der Waals surface area (Å²) in [6, 6.07) is -0.238. The highest BCUT2D eigenvalue weighted by Gasteiger charge is 2.24. The molecule has 0 saturated heterocycles. The van der Waals surface area contributed by atoms with E-state index >= 15 is 0 Å². The molecular weight excluding hydrogens is 114 g/mol. The van der Waals surface area contributed by atoms with Crippen LogP contribution in [0.1, 0.15) is 20.8 Å². The van der Waals surface area contributed by atoms with Gasteiger partial charge in [0.15, 0.2) is 0 Å². The van der Waals surface area contributed by atoms with Crippen molar-refractivity contribution in [3.05, 3.63) is 6.92 Å². The Morgan fingerprint density at radius 3 is 1.78 bits per heavy atom. The zero-order chi connectivity index (χ0) is 7.65. The van der Waals surface area contributed by atoms with Gasteiger partial charge in [-0.1, -0.05) is 20.8 Å². The summed E-state index contributed by atoms with van der Waals surface area (Å²) in [6.07, 6.45) is -0.662. The zero-order valence-corrected chi connectivity index (χ0v) is 6.39. The summed E-state index contributed by atoms with van der Waals surface area (Å²) in [5, 5.41) is 8.92. The molecule has 2 unspecified atom stereocenters. The van der Waals surface area contributed by atoms with Crippen LogP contribution in [0.2, 0.25) is 0 Å². The van der Waals surface area contributed by atoms with Crippen molar-refractivity contribution in [2.75, 3.05) is 0 Å². The van der Waals surface area contributed by atoms with Crippen LogP contribution in [-0.2, 0) is 0 Å². The number of aliphatic hydroxyl groups excluding tert-OH is 1. The zero-order valence-electron chi connectivity index (χ0n) is 6.39. The number of nitrogens with two attached hydrogens (primary N) is 1. The van der Waals surface area contributed by atoms with Crippen molar-refractivity contribution in [2.45, 2.75) is 32.9 Å². The van der Waals surface area contributed by atoms with E-state index in [0.717, 1.165) is 0 Å². The molecule has 2 nitrogen and oxygen atoms in total. The number of aliphatic hydroxyl groups is 1. The Bertz CT molecular complexity index is 83.4. The van der Waals surface area contributed by atoms with E-state index in [9.17, 15) is 0 Å². The molecule has 0 spiro atoms. The molecule has 1 radical (unpaired) electrons. The summed E-state index contributed by atoms with van der Waals surface area (Å²) in [5.41, 5.74) is 5.53. The van der Waals surface area contributed by atoms with Crippen LogP contribution in [0.4, 0.5) is 0 Å². The summed E-state index contributed by atoms with van der Waals surface area (Å²) in [5.74, 6) is 0. The third kappa shape index (κ3) is 2.82. The van der Waals surface area contributed by atoms with Crippen LogP contribution < -0.4 is 5.73 Å². The van der Waals surface area contributed by atoms with Crippen LogP contribution >= 0.6 is 0 Å². The second-order valence-corrected chi connectivity index (χ2v) is 3.46. The minimum atomic E-state index is -0.662. The van der Waals surface area contributed by atoms with Gasteiger partial charge in [-0.15, -0.1) is 0 Å². The molecule has 0 aliphatic rings. The average molecular weight is 130 g/mol. The van der Waals surface area contributed by atoms with Gasteiger partial charge in [0.05, 0.1) is 6.10 Å². The number of rotatable bonds is 1. The molecule has 9 heavy (non-hydrogen) atoms. The molecule has 55 valence electrons. The fourth-order valence-electron chi connectivity index (χ4n) is 0.577. The molecule has 0 rings (SSSR count). The lowest BCUT2D eigenvalue weighted by molar-refractivity contribution is 0.128. The molecule has 2 atom stereocenters. The molecular formula is C7H16NO. The van der Waals surface area contributed by atoms with Gasteiger partial charge in [0.25, 0.3) is 0 Å². The molecule has 3 N–H and O–H groups in total. The molecule has 0 aliphatic heterocycles. The average Bonchev–Trinajstić information content (AvgIpc) is 1.62. The molecule has 0 aliphatic carbocycles. The van der Waals surface area contributed by atoms with Gasteiger partial charge in [0.2, 0.25) is 0 Å². The summed E-state index contributed by atoms with van der Waals surface area (Å²) in [4.78, 5) is 0. The van der Waals surface area contributed by atoms with E-state index in [-0.39, 0.29) is 11.5 Å². The Balaban J connectivity index is 3.88. The predicted octanol–water partition coefficient (Wildman–Crippen LogP) is 0.555. The largest absolute Gasteiger partial charge is 0.391 e. The quantitative estimate of drug-likeness (QED) is 0.544. The third-order valence-electron chi connectivity index (χ3n) is 1.41. The standard InChI is InChI=1S/C7H16NO/c1-5(9)6(8)7(2,3)4/h5-6,9H,1,8H2,2-4H3. The molecule has 0 amide bonds. The van der Waals surface area contributed by atoms with Crippen LogP contribution in [0.3, 0.4) is 0 Å². The topological polar surface area (TPSA) is 46.2 Å². The van der Waals surface area contributed by atoms with E-state index < -0.39 is 6.10 Å². The predicted molar refractivity (Wildman–Crippen MR) is 38.8 cm³/mol. The molecule has 0 aromatic heterocycles. The summed E-state index contributed by atoms with van der Waals surface area (Å²) in [6.45, 7) is 9.37. The van der Waals surface area contributed by atoms with E-state index in [4.69, 9.17) is 10.8 Å². The maximum absolute atomic E-state index is 8.92. The third-order valence-corrected chi connectivity index (χ3v) is 1.41. The van der Waals surface area contributed by atoms with Gasteiger partial charge < -0.3 is 10.8 Å². The molecule has 0 bridgehead atoms. The molecule has 0 aromatic carbocycles. The van der Waals surface area contributed by atoms with Gasteiger partial charge in [-0.2, -0.15) is 0 Å². The van der Waals surface area contributed by atoms with Gasteiger partial charge in [0.1, 0.15) is 0 Å². The smallest absolute Gasteiger partial charge is 0.0697 e. The first-order valence-electron chi connectivity index (χ1n) is 3.12. The SMILES string of the molecule is [CH2]C(O)C(N)C(C)(C)C. The number of hydrogen-bond donors (Lipinski definition) is 2. The van der Waals surface area contributed by atoms with Gasteiger partial charge >= 0.3 is 0 Å². The highest BCUT2D eigenvalue weighted by Crippen LogP contribution is 2.19. The maximum atomic E-state index is 8.92. The Morgan fingerprint density at radius 2 is 1.78 bits per heavy atom. The van der Waals surface area contributed by atoms with Gasteiger partial charge in [0, 0.05) is 6.04 Å². The van der Waals surface area contributed by atoms with Crippen molar-refractivity contribution in [3.8, 4) is 0 Å². The first-order chi connectivity index (χ1) is 3.85. The highest BCUT2D eigenvalue weighted by molar-refractivity contribution is 4.84. The van der Waals surface area contributed by atoms with E-state index in [1.54, 1.807) is 0 Å². The minimum Gasteiger partial charge on any atom is -0.391 e. The van der Waals surface area contributed by atoms with Crippen molar-refractivity contribution < 1.29 is 5.11 Å². The lowest BCUT2D eigenvalue weighted by Gasteiger charge is -2.28. The lowest BCUT2D eigenvalue weighted by Crippen LogP contribution is -2.43. The lowest BCUT2D eigenvalue weighted by atomic mass is 9.85. The molecule has 0 heterocycles.